The molecule has 7 rings (SSSR count). The summed E-state index contributed by atoms with van der Waals surface area (Å²) in [5, 5.41) is 8.48. The van der Waals surface area contributed by atoms with Crippen LogP contribution in [-0.4, -0.2) is 21.7 Å². The maximum atomic E-state index is 13.5. The molecule has 29 heavy (non-hydrogen) atoms. The summed E-state index contributed by atoms with van der Waals surface area (Å²) in [5.74, 6) is 3.35. The highest BCUT2D eigenvalue weighted by atomic mass is 35.5. The number of halogens is 1. The van der Waals surface area contributed by atoms with E-state index in [0.29, 0.717) is 29.6 Å². The third-order valence-corrected chi connectivity index (χ3v) is 9.32. The Kier molecular flexibility index (Phi) is 4.70. The van der Waals surface area contributed by atoms with Gasteiger partial charge in [0.2, 0.25) is 0 Å². The fourth-order valence-electron chi connectivity index (χ4n) is 7.82. The van der Waals surface area contributed by atoms with Crippen LogP contribution in [0.15, 0.2) is 0 Å². The topological polar surface area (TPSA) is 46.9 Å². The van der Waals surface area contributed by atoms with Gasteiger partial charge in [0.05, 0.1) is 17.1 Å². The molecule has 158 valence electrons. The largest absolute Gasteiger partial charge is 0.347 e. The molecule has 0 aliphatic heterocycles. The maximum absolute atomic E-state index is 13.5. The molecule has 4 nitrogen and oxygen atoms in total. The van der Waals surface area contributed by atoms with Gasteiger partial charge in [-0.05, 0) is 87.9 Å². The molecule has 0 radical (unpaired) electrons. The van der Waals surface area contributed by atoms with E-state index in [4.69, 9.17) is 16.7 Å². The SMILES string of the molecule is O=C(NC1C2CC3CC(C2)CC1C3)c1nn(C2CCCCC2)c2c1CCCC2Cl. The molecule has 5 saturated carbocycles. The van der Waals surface area contributed by atoms with Gasteiger partial charge in [0.25, 0.3) is 5.91 Å². The summed E-state index contributed by atoms with van der Waals surface area (Å²) in [6.45, 7) is 0. The lowest BCUT2D eigenvalue weighted by atomic mass is 9.54. The van der Waals surface area contributed by atoms with E-state index in [1.165, 1.54) is 69.9 Å². The smallest absolute Gasteiger partial charge is 0.272 e. The first kappa shape index (κ1) is 18.7. The van der Waals surface area contributed by atoms with Gasteiger partial charge in [-0.2, -0.15) is 5.10 Å². The number of rotatable bonds is 3. The normalized spacial score (nSPS) is 38.8. The van der Waals surface area contributed by atoms with E-state index in [1.807, 2.05) is 0 Å². The third kappa shape index (κ3) is 3.16. The average Bonchev–Trinajstić information content (AvgIpc) is 3.12. The predicted molar refractivity (Wildman–Crippen MR) is 114 cm³/mol. The van der Waals surface area contributed by atoms with Gasteiger partial charge in [-0.3, -0.25) is 9.48 Å². The summed E-state index contributed by atoms with van der Waals surface area (Å²) in [5.41, 5.74) is 3.02. The van der Waals surface area contributed by atoms with Crippen molar-refractivity contribution < 1.29 is 4.79 Å². The van der Waals surface area contributed by atoms with Crippen LogP contribution in [0.2, 0.25) is 0 Å². The predicted octanol–water partition coefficient (Wildman–Crippen LogP) is 5.56. The van der Waals surface area contributed by atoms with Gasteiger partial charge in [-0.1, -0.05) is 19.3 Å². The number of hydrogen-bond donors (Lipinski definition) is 1. The minimum absolute atomic E-state index is 0.0101. The summed E-state index contributed by atoms with van der Waals surface area (Å²) in [6, 6.07) is 0.806. The van der Waals surface area contributed by atoms with E-state index in [0.717, 1.165) is 36.7 Å². The molecule has 1 aromatic rings. The number of alkyl halides is 1. The minimum Gasteiger partial charge on any atom is -0.347 e. The van der Waals surface area contributed by atoms with Crippen LogP contribution in [0.5, 0.6) is 0 Å². The molecule has 6 aliphatic rings. The van der Waals surface area contributed by atoms with E-state index in [2.05, 4.69) is 10.00 Å². The molecule has 5 fully saturated rings. The summed E-state index contributed by atoms with van der Waals surface area (Å²) in [4.78, 5) is 13.5. The van der Waals surface area contributed by atoms with Crippen molar-refractivity contribution in [2.24, 2.45) is 23.7 Å². The standard InChI is InChI=1S/C24H34ClN3O/c25-20-8-4-7-19-22(27-28(23(19)20)18-5-2-1-3-6-18)24(29)26-21-16-10-14-9-15(12-16)13-17(21)11-14/h14-18,20-21H,1-13H2,(H,26,29). The van der Waals surface area contributed by atoms with E-state index in [1.54, 1.807) is 0 Å². The fraction of sp³-hybridized carbons (Fsp3) is 0.833. The van der Waals surface area contributed by atoms with Gasteiger partial charge in [-0.25, -0.2) is 0 Å². The van der Waals surface area contributed by atoms with Crippen molar-refractivity contribution in [2.75, 3.05) is 0 Å². The number of carbonyl (C=O) groups is 1. The highest BCUT2D eigenvalue weighted by molar-refractivity contribution is 6.21. The van der Waals surface area contributed by atoms with Crippen LogP contribution >= 0.6 is 11.6 Å². The molecule has 1 N–H and O–H groups in total. The average molecular weight is 416 g/mol. The quantitative estimate of drug-likeness (QED) is 0.657. The van der Waals surface area contributed by atoms with Gasteiger partial charge < -0.3 is 5.32 Å². The lowest BCUT2D eigenvalue weighted by molar-refractivity contribution is -0.0120. The van der Waals surface area contributed by atoms with E-state index in [-0.39, 0.29) is 11.3 Å². The van der Waals surface area contributed by atoms with Crippen molar-refractivity contribution in [3.8, 4) is 0 Å². The zero-order chi connectivity index (χ0) is 19.5. The first-order chi connectivity index (χ1) is 14.2. The third-order valence-electron chi connectivity index (χ3n) is 8.89. The first-order valence-electron chi connectivity index (χ1n) is 12.2. The van der Waals surface area contributed by atoms with Crippen LogP contribution < -0.4 is 5.32 Å². The van der Waals surface area contributed by atoms with Crippen molar-refractivity contribution >= 4 is 17.5 Å². The Morgan fingerprint density at radius 1 is 0.931 bits per heavy atom. The second kappa shape index (κ2) is 7.28. The molecule has 0 aromatic carbocycles. The van der Waals surface area contributed by atoms with Gasteiger partial charge in [-0.15, -0.1) is 11.6 Å². The van der Waals surface area contributed by atoms with Crippen molar-refractivity contribution in [1.82, 2.24) is 15.1 Å². The number of hydrogen-bond acceptors (Lipinski definition) is 2. The van der Waals surface area contributed by atoms with Crippen LogP contribution in [0, 0.1) is 23.7 Å². The number of fused-ring (bicyclic) bond motifs is 1. The molecule has 1 unspecified atom stereocenters. The summed E-state index contributed by atoms with van der Waals surface area (Å²) >= 11 is 6.79. The van der Waals surface area contributed by atoms with Crippen LogP contribution in [0.3, 0.4) is 0 Å². The van der Waals surface area contributed by atoms with E-state index >= 15 is 0 Å². The molecular formula is C24H34ClN3O. The van der Waals surface area contributed by atoms with Crippen LogP contribution in [0.25, 0.3) is 0 Å². The highest BCUT2D eigenvalue weighted by Crippen LogP contribution is 2.53. The molecular weight excluding hydrogens is 382 g/mol. The summed E-state index contributed by atoms with van der Waals surface area (Å²) in [7, 11) is 0. The maximum Gasteiger partial charge on any atom is 0.272 e. The number of nitrogens with zero attached hydrogens (tertiary/aromatic N) is 2. The lowest BCUT2D eigenvalue weighted by Crippen LogP contribution is -2.56. The Hall–Kier alpha value is -1.03. The summed E-state index contributed by atoms with van der Waals surface area (Å²) in [6.07, 6.45) is 16.0. The second-order valence-corrected chi connectivity index (χ2v) is 11.3. The van der Waals surface area contributed by atoms with E-state index < -0.39 is 0 Å². The Labute approximate surface area is 179 Å². The highest BCUT2D eigenvalue weighted by Gasteiger charge is 2.49. The number of amides is 1. The van der Waals surface area contributed by atoms with Crippen LogP contribution in [0.4, 0.5) is 0 Å². The molecule has 1 amide bonds. The number of aromatic nitrogens is 2. The molecule has 5 heteroatoms. The first-order valence-corrected chi connectivity index (χ1v) is 12.7. The van der Waals surface area contributed by atoms with Crippen molar-refractivity contribution in [1.29, 1.82) is 0 Å². The molecule has 0 spiro atoms. The van der Waals surface area contributed by atoms with Gasteiger partial charge in [0.15, 0.2) is 5.69 Å². The molecule has 1 heterocycles. The lowest BCUT2D eigenvalue weighted by Gasteiger charge is -2.54. The minimum atomic E-state index is 0.0101. The fourth-order valence-corrected chi connectivity index (χ4v) is 8.21. The monoisotopic (exact) mass is 415 g/mol. The molecule has 6 aliphatic carbocycles. The molecule has 4 bridgehead atoms. The van der Waals surface area contributed by atoms with Gasteiger partial charge >= 0.3 is 0 Å². The summed E-state index contributed by atoms with van der Waals surface area (Å²) < 4.78 is 2.19. The molecule has 0 saturated heterocycles. The second-order valence-electron chi connectivity index (χ2n) is 10.7. The zero-order valence-electron chi connectivity index (χ0n) is 17.4. The molecule has 1 atom stereocenters. The zero-order valence-corrected chi connectivity index (χ0v) is 18.2. The van der Waals surface area contributed by atoms with Gasteiger partial charge in [0, 0.05) is 11.6 Å². The molecule has 1 aromatic heterocycles. The Morgan fingerprint density at radius 2 is 1.62 bits per heavy atom. The Morgan fingerprint density at radius 3 is 2.31 bits per heavy atom. The van der Waals surface area contributed by atoms with Crippen molar-refractivity contribution in [3.63, 3.8) is 0 Å². The van der Waals surface area contributed by atoms with Crippen molar-refractivity contribution in [2.45, 2.75) is 101 Å². The number of nitrogens with one attached hydrogen (secondary N) is 1. The van der Waals surface area contributed by atoms with Crippen LogP contribution in [0.1, 0.15) is 110 Å². The van der Waals surface area contributed by atoms with Crippen LogP contribution in [-0.2, 0) is 6.42 Å². The van der Waals surface area contributed by atoms with Crippen molar-refractivity contribution in [3.05, 3.63) is 17.0 Å². The van der Waals surface area contributed by atoms with E-state index in [9.17, 15) is 4.79 Å². The Bertz CT molecular complexity index is 768. The Balaban J connectivity index is 1.28. The van der Waals surface area contributed by atoms with Gasteiger partial charge in [0.1, 0.15) is 0 Å². The number of carbonyl (C=O) groups excluding carboxylic acids is 1.